The lowest BCUT2D eigenvalue weighted by molar-refractivity contribution is -0.141. The van der Waals surface area contributed by atoms with Gasteiger partial charge in [0.25, 0.3) is 0 Å². The van der Waals surface area contributed by atoms with E-state index >= 15 is 0 Å². The average molecular weight is 277 g/mol. The second kappa shape index (κ2) is 7.99. The van der Waals surface area contributed by atoms with Gasteiger partial charge in [-0.3, -0.25) is 9.59 Å². The Bertz CT molecular complexity index is 496. The van der Waals surface area contributed by atoms with Crippen LogP contribution in [0.25, 0.3) is 6.08 Å². The van der Waals surface area contributed by atoms with Gasteiger partial charge in [-0.05, 0) is 30.2 Å². The number of benzene rings is 1. The van der Waals surface area contributed by atoms with Crippen molar-refractivity contribution in [1.82, 2.24) is 5.32 Å². The van der Waals surface area contributed by atoms with Crippen molar-refractivity contribution < 1.29 is 19.4 Å². The molecule has 0 fully saturated rings. The molecule has 0 saturated heterocycles. The third kappa shape index (κ3) is 5.56. The first kappa shape index (κ1) is 15.8. The molecule has 0 radical (unpaired) electrons. The Hall–Kier alpha value is -2.30. The minimum Gasteiger partial charge on any atom is -0.497 e. The topological polar surface area (TPSA) is 75.6 Å². The van der Waals surface area contributed by atoms with E-state index in [0.29, 0.717) is 13.0 Å². The molecule has 20 heavy (non-hydrogen) atoms. The zero-order valence-corrected chi connectivity index (χ0v) is 11.6. The van der Waals surface area contributed by atoms with Gasteiger partial charge in [-0.1, -0.05) is 19.1 Å². The minimum atomic E-state index is -0.855. The van der Waals surface area contributed by atoms with E-state index < -0.39 is 11.9 Å². The first-order valence-corrected chi connectivity index (χ1v) is 6.35. The van der Waals surface area contributed by atoms with Crippen LogP contribution in [0.2, 0.25) is 0 Å². The van der Waals surface area contributed by atoms with E-state index in [9.17, 15) is 9.59 Å². The van der Waals surface area contributed by atoms with Gasteiger partial charge in [0.2, 0.25) is 5.91 Å². The third-order valence-corrected chi connectivity index (χ3v) is 2.82. The predicted molar refractivity (Wildman–Crippen MR) is 76.5 cm³/mol. The summed E-state index contributed by atoms with van der Waals surface area (Å²) >= 11 is 0. The maximum absolute atomic E-state index is 11.5. The number of carboxylic acid groups (broad SMARTS) is 1. The van der Waals surface area contributed by atoms with Gasteiger partial charge < -0.3 is 15.2 Å². The Kier molecular flexibility index (Phi) is 6.29. The monoisotopic (exact) mass is 277 g/mol. The van der Waals surface area contributed by atoms with Crippen molar-refractivity contribution in [3.8, 4) is 5.75 Å². The van der Waals surface area contributed by atoms with Crippen molar-refractivity contribution in [2.75, 3.05) is 13.7 Å². The van der Waals surface area contributed by atoms with E-state index in [-0.39, 0.29) is 5.91 Å². The van der Waals surface area contributed by atoms with Crippen LogP contribution in [0, 0.1) is 5.92 Å². The number of methoxy groups -OCH3 is 1. The van der Waals surface area contributed by atoms with Crippen molar-refractivity contribution in [1.29, 1.82) is 0 Å². The lowest BCUT2D eigenvalue weighted by Crippen LogP contribution is -2.25. The van der Waals surface area contributed by atoms with Gasteiger partial charge in [0.1, 0.15) is 5.75 Å². The molecule has 1 aromatic rings. The second-order valence-corrected chi connectivity index (χ2v) is 4.43. The Labute approximate surface area is 118 Å². The van der Waals surface area contributed by atoms with Gasteiger partial charge in [0.15, 0.2) is 0 Å². The highest BCUT2D eigenvalue weighted by molar-refractivity contribution is 5.91. The highest BCUT2D eigenvalue weighted by atomic mass is 16.5. The van der Waals surface area contributed by atoms with Gasteiger partial charge in [0.05, 0.1) is 13.0 Å². The number of aliphatic carboxylic acids is 1. The number of carbonyl (C=O) groups excluding carboxylic acids is 1. The summed E-state index contributed by atoms with van der Waals surface area (Å²) < 4.78 is 5.09. The van der Waals surface area contributed by atoms with Crippen molar-refractivity contribution >= 4 is 18.0 Å². The molecule has 1 unspecified atom stereocenters. The van der Waals surface area contributed by atoms with Gasteiger partial charge in [-0.2, -0.15) is 0 Å². The molecule has 1 rings (SSSR count). The fraction of sp³-hybridized carbons (Fsp3) is 0.333. The molecule has 0 bridgehead atoms. The first-order valence-electron chi connectivity index (χ1n) is 6.35. The fourth-order valence-corrected chi connectivity index (χ4v) is 1.51. The summed E-state index contributed by atoms with van der Waals surface area (Å²) in [5.74, 6) is -0.836. The van der Waals surface area contributed by atoms with Crippen molar-refractivity contribution in [2.24, 2.45) is 5.92 Å². The molecule has 5 nitrogen and oxygen atoms in total. The normalized spacial score (nSPS) is 12.1. The maximum atomic E-state index is 11.5. The lowest BCUT2D eigenvalue weighted by Gasteiger charge is -2.06. The van der Waals surface area contributed by atoms with E-state index in [2.05, 4.69) is 5.32 Å². The number of carbonyl (C=O) groups is 2. The molecule has 2 N–H and O–H groups in total. The molecule has 1 aromatic carbocycles. The van der Waals surface area contributed by atoms with Crippen LogP contribution in [0.1, 0.15) is 18.9 Å². The molecule has 108 valence electrons. The van der Waals surface area contributed by atoms with Gasteiger partial charge in [-0.25, -0.2) is 0 Å². The summed E-state index contributed by atoms with van der Waals surface area (Å²) in [6, 6.07) is 7.34. The van der Waals surface area contributed by atoms with E-state index in [4.69, 9.17) is 9.84 Å². The fourth-order valence-electron chi connectivity index (χ4n) is 1.51. The van der Waals surface area contributed by atoms with E-state index in [0.717, 1.165) is 11.3 Å². The third-order valence-electron chi connectivity index (χ3n) is 2.82. The number of rotatable bonds is 7. The molecule has 0 spiro atoms. The molecule has 0 aliphatic rings. The number of carboxylic acids is 1. The lowest BCUT2D eigenvalue weighted by atomic mass is 10.1. The van der Waals surface area contributed by atoms with Crippen LogP contribution in [-0.2, 0) is 9.59 Å². The number of nitrogens with one attached hydrogen (secondary N) is 1. The van der Waals surface area contributed by atoms with Gasteiger partial charge >= 0.3 is 5.97 Å². The Morgan fingerprint density at radius 3 is 2.85 bits per heavy atom. The van der Waals surface area contributed by atoms with Crippen LogP contribution in [0.3, 0.4) is 0 Å². The van der Waals surface area contributed by atoms with E-state index in [1.54, 1.807) is 20.1 Å². The molecule has 0 saturated carbocycles. The maximum Gasteiger partial charge on any atom is 0.306 e. The number of ether oxygens (including phenoxy) is 1. The summed E-state index contributed by atoms with van der Waals surface area (Å²) in [5.41, 5.74) is 0.860. The Balaban J connectivity index is 2.41. The summed E-state index contributed by atoms with van der Waals surface area (Å²) in [6.07, 6.45) is 3.51. The van der Waals surface area contributed by atoms with E-state index in [1.165, 1.54) is 6.08 Å². The van der Waals surface area contributed by atoms with Crippen molar-refractivity contribution in [2.45, 2.75) is 13.3 Å². The van der Waals surface area contributed by atoms with E-state index in [1.807, 2.05) is 24.3 Å². The molecule has 0 heterocycles. The second-order valence-electron chi connectivity index (χ2n) is 4.43. The SMILES string of the molecule is COc1cccc(/C=C/C(=O)NCCC(C)C(=O)O)c1. The Morgan fingerprint density at radius 1 is 1.45 bits per heavy atom. The van der Waals surface area contributed by atoms with Crippen LogP contribution < -0.4 is 10.1 Å². The van der Waals surface area contributed by atoms with Crippen LogP contribution in [0.5, 0.6) is 5.75 Å². The zero-order chi connectivity index (χ0) is 15.0. The highest BCUT2D eigenvalue weighted by Crippen LogP contribution is 2.13. The smallest absolute Gasteiger partial charge is 0.306 e. The molecule has 1 amide bonds. The van der Waals surface area contributed by atoms with Crippen LogP contribution in [-0.4, -0.2) is 30.6 Å². The quantitative estimate of drug-likeness (QED) is 0.747. The molecule has 5 heteroatoms. The van der Waals surface area contributed by atoms with Crippen LogP contribution in [0.15, 0.2) is 30.3 Å². The summed E-state index contributed by atoms with van der Waals surface area (Å²) in [4.78, 5) is 22.2. The van der Waals surface area contributed by atoms with Gasteiger partial charge in [-0.15, -0.1) is 0 Å². The minimum absolute atomic E-state index is 0.245. The van der Waals surface area contributed by atoms with Crippen LogP contribution in [0.4, 0.5) is 0 Å². The molecular formula is C15H19NO4. The molecular weight excluding hydrogens is 258 g/mol. The summed E-state index contributed by atoms with van der Waals surface area (Å²) in [5, 5.41) is 11.4. The zero-order valence-electron chi connectivity index (χ0n) is 11.6. The standard InChI is InChI=1S/C15H19NO4/c1-11(15(18)19)8-9-16-14(17)7-6-12-4-3-5-13(10-12)20-2/h3-7,10-11H,8-9H2,1-2H3,(H,16,17)(H,18,19)/b7-6+. The predicted octanol–water partition coefficient (Wildman–Crippen LogP) is 1.94. The molecule has 0 aliphatic carbocycles. The van der Waals surface area contributed by atoms with Gasteiger partial charge in [0, 0.05) is 12.6 Å². The average Bonchev–Trinajstić information content (AvgIpc) is 2.45. The largest absolute Gasteiger partial charge is 0.497 e. The highest BCUT2D eigenvalue weighted by Gasteiger charge is 2.09. The number of hydrogen-bond donors (Lipinski definition) is 2. The summed E-state index contributed by atoms with van der Waals surface area (Å²) in [6.45, 7) is 1.95. The number of hydrogen-bond acceptors (Lipinski definition) is 3. The Morgan fingerprint density at radius 2 is 2.20 bits per heavy atom. The molecule has 1 atom stereocenters. The molecule has 0 aliphatic heterocycles. The number of amides is 1. The molecule has 0 aromatic heterocycles. The summed E-state index contributed by atoms with van der Waals surface area (Å²) in [7, 11) is 1.58. The first-order chi connectivity index (χ1) is 9.52. The van der Waals surface area contributed by atoms with Crippen molar-refractivity contribution in [3.63, 3.8) is 0 Å². The van der Waals surface area contributed by atoms with Crippen molar-refractivity contribution in [3.05, 3.63) is 35.9 Å². The van der Waals surface area contributed by atoms with Crippen LogP contribution >= 0.6 is 0 Å².